The van der Waals surface area contributed by atoms with Crippen LogP contribution in [0.25, 0.3) is 10.4 Å². The van der Waals surface area contributed by atoms with Crippen LogP contribution in [0.4, 0.5) is 0 Å². The third-order valence-electron chi connectivity index (χ3n) is 2.35. The monoisotopic (exact) mass is 206 g/mol. The maximum atomic E-state index is 5.06. The maximum absolute atomic E-state index is 5.06. The molecule has 1 aliphatic carbocycles. The summed E-state index contributed by atoms with van der Waals surface area (Å²) in [5.74, 6) is 0. The normalized spacial score (nSPS) is 10.9. The van der Waals surface area contributed by atoms with Crippen LogP contribution in [-0.2, 0) is 11.2 Å². The van der Waals surface area contributed by atoms with Crippen LogP contribution < -0.4 is 0 Å². The molecule has 0 saturated carbocycles. The Kier molecular flexibility index (Phi) is 3.17. The summed E-state index contributed by atoms with van der Waals surface area (Å²) >= 11 is 1.83. The lowest BCUT2D eigenvalue weighted by molar-refractivity contribution is 0.195. The minimum atomic E-state index is 0.851. The molecule has 2 rings (SSSR count). The second-order valence-corrected chi connectivity index (χ2v) is 4.27. The Balaban J connectivity index is 2.11. The van der Waals surface area contributed by atoms with Crippen LogP contribution in [0.5, 0.6) is 0 Å². The van der Waals surface area contributed by atoms with Crippen LogP contribution in [-0.4, -0.2) is 13.7 Å². The summed E-state index contributed by atoms with van der Waals surface area (Å²) in [6.07, 6.45) is 2.23. The average Bonchev–Trinajstić information content (AvgIpc) is 2.63. The SMILES string of the molecule is COCCCc1ccc2cccsc1-2. The highest BCUT2D eigenvalue weighted by molar-refractivity contribution is 7.13. The fraction of sp³-hybridized carbons (Fsp3) is 0.333. The van der Waals surface area contributed by atoms with Crippen molar-refractivity contribution in [2.75, 3.05) is 13.7 Å². The Morgan fingerprint density at radius 2 is 2.21 bits per heavy atom. The molecule has 0 N–H and O–H groups in total. The Morgan fingerprint density at radius 3 is 3.07 bits per heavy atom. The predicted octanol–water partition coefficient (Wildman–Crippen LogP) is 3.43. The van der Waals surface area contributed by atoms with Gasteiger partial charge in [-0.15, -0.1) is 11.3 Å². The van der Waals surface area contributed by atoms with E-state index in [0.717, 1.165) is 19.4 Å². The summed E-state index contributed by atoms with van der Waals surface area (Å²) in [6.45, 7) is 0.851. The van der Waals surface area contributed by atoms with E-state index in [1.807, 2.05) is 11.3 Å². The van der Waals surface area contributed by atoms with Crippen LogP contribution >= 0.6 is 11.3 Å². The molecular weight excluding hydrogens is 192 g/mol. The molecule has 0 unspecified atom stereocenters. The van der Waals surface area contributed by atoms with Crippen LogP contribution in [0.15, 0.2) is 29.6 Å². The van der Waals surface area contributed by atoms with Gasteiger partial charge in [-0.2, -0.15) is 0 Å². The first-order valence-corrected chi connectivity index (χ1v) is 5.74. The van der Waals surface area contributed by atoms with Gasteiger partial charge in [-0.1, -0.05) is 24.3 Å². The molecule has 74 valence electrons. The van der Waals surface area contributed by atoms with E-state index in [1.165, 1.54) is 16.0 Å². The molecular formula is C12H14OS. The van der Waals surface area contributed by atoms with Crippen LogP contribution in [0, 0.1) is 0 Å². The minimum Gasteiger partial charge on any atom is -0.385 e. The number of hydrogen-bond acceptors (Lipinski definition) is 2. The lowest BCUT2D eigenvalue weighted by Gasteiger charge is -2.02. The summed E-state index contributed by atoms with van der Waals surface area (Å²) in [5.41, 5.74) is 2.83. The molecule has 0 aromatic carbocycles. The van der Waals surface area contributed by atoms with E-state index in [9.17, 15) is 0 Å². The van der Waals surface area contributed by atoms with Crippen molar-refractivity contribution in [3.05, 3.63) is 35.2 Å². The van der Waals surface area contributed by atoms with Gasteiger partial charge in [0.2, 0.25) is 0 Å². The molecule has 0 fully saturated rings. The summed E-state index contributed by atoms with van der Waals surface area (Å²) in [5, 5.41) is 2.14. The largest absolute Gasteiger partial charge is 0.385 e. The van der Waals surface area contributed by atoms with Gasteiger partial charge < -0.3 is 4.74 Å². The fourth-order valence-corrected chi connectivity index (χ4v) is 2.54. The first kappa shape index (κ1) is 9.69. The third-order valence-corrected chi connectivity index (χ3v) is 3.38. The molecule has 0 saturated heterocycles. The van der Waals surface area contributed by atoms with Gasteiger partial charge >= 0.3 is 0 Å². The Morgan fingerprint density at radius 1 is 1.29 bits per heavy atom. The number of fused-ring (bicyclic) bond motifs is 1. The molecule has 1 nitrogen and oxygen atoms in total. The lowest BCUT2D eigenvalue weighted by atomic mass is 10.1. The number of ether oxygens (including phenoxy) is 1. The van der Waals surface area contributed by atoms with E-state index < -0.39 is 0 Å². The van der Waals surface area contributed by atoms with E-state index in [0.29, 0.717) is 0 Å². The van der Waals surface area contributed by atoms with Crippen molar-refractivity contribution < 1.29 is 4.74 Å². The van der Waals surface area contributed by atoms with Gasteiger partial charge in [0.25, 0.3) is 0 Å². The highest BCUT2D eigenvalue weighted by Crippen LogP contribution is 2.32. The van der Waals surface area contributed by atoms with Gasteiger partial charge in [0.05, 0.1) is 0 Å². The zero-order chi connectivity index (χ0) is 9.80. The van der Waals surface area contributed by atoms with E-state index >= 15 is 0 Å². The number of rotatable bonds is 4. The second kappa shape index (κ2) is 4.58. The van der Waals surface area contributed by atoms with E-state index in [2.05, 4.69) is 29.6 Å². The van der Waals surface area contributed by atoms with Crippen molar-refractivity contribution >= 4 is 11.3 Å². The van der Waals surface area contributed by atoms with Crippen molar-refractivity contribution in [2.45, 2.75) is 12.8 Å². The Hall–Kier alpha value is -0.860. The molecule has 0 amide bonds. The van der Waals surface area contributed by atoms with Gasteiger partial charge in [-0.3, -0.25) is 0 Å². The van der Waals surface area contributed by atoms with Crippen molar-refractivity contribution in [3.63, 3.8) is 0 Å². The molecule has 0 bridgehead atoms. The third kappa shape index (κ3) is 1.97. The van der Waals surface area contributed by atoms with E-state index in [4.69, 9.17) is 4.74 Å². The van der Waals surface area contributed by atoms with Crippen molar-refractivity contribution in [3.8, 4) is 10.4 Å². The predicted molar refractivity (Wildman–Crippen MR) is 61.1 cm³/mol. The smallest absolute Gasteiger partial charge is 0.0465 e. The standard InChI is InChI=1S/C12H14OS/c1-13-8-2-4-10-6-7-11-5-3-9-14-12(10)11/h3,5-7,9H,2,4,8H2,1H3. The molecule has 1 heterocycles. The molecule has 2 aliphatic rings. The fourth-order valence-electron chi connectivity index (χ4n) is 1.66. The van der Waals surface area contributed by atoms with Crippen LogP contribution in [0.1, 0.15) is 12.0 Å². The number of hydrogen-bond donors (Lipinski definition) is 0. The molecule has 0 aromatic rings. The Labute approximate surface area is 88.7 Å². The summed E-state index contributed by atoms with van der Waals surface area (Å²) in [4.78, 5) is 1.43. The molecule has 1 aliphatic heterocycles. The molecule has 0 atom stereocenters. The lowest BCUT2D eigenvalue weighted by Crippen LogP contribution is -1.91. The van der Waals surface area contributed by atoms with Crippen molar-refractivity contribution in [2.24, 2.45) is 0 Å². The minimum absolute atomic E-state index is 0.851. The zero-order valence-corrected chi connectivity index (χ0v) is 9.14. The summed E-state index contributed by atoms with van der Waals surface area (Å²) < 4.78 is 5.06. The topological polar surface area (TPSA) is 9.23 Å². The summed E-state index contributed by atoms with van der Waals surface area (Å²) in [6, 6.07) is 8.71. The molecule has 2 heteroatoms. The quantitative estimate of drug-likeness (QED) is 0.696. The average molecular weight is 206 g/mol. The number of aryl methyl sites for hydroxylation is 1. The molecule has 0 radical (unpaired) electrons. The van der Waals surface area contributed by atoms with Gasteiger partial charge in [-0.05, 0) is 29.3 Å². The molecule has 0 aromatic heterocycles. The molecule has 14 heavy (non-hydrogen) atoms. The zero-order valence-electron chi connectivity index (χ0n) is 8.32. The van der Waals surface area contributed by atoms with Crippen LogP contribution in [0.2, 0.25) is 0 Å². The Bertz CT molecular complexity index is 367. The maximum Gasteiger partial charge on any atom is 0.0465 e. The van der Waals surface area contributed by atoms with Crippen LogP contribution in [0.3, 0.4) is 0 Å². The van der Waals surface area contributed by atoms with Gasteiger partial charge in [0.1, 0.15) is 0 Å². The van der Waals surface area contributed by atoms with E-state index in [1.54, 1.807) is 7.11 Å². The van der Waals surface area contributed by atoms with Gasteiger partial charge in [0.15, 0.2) is 0 Å². The highest BCUT2D eigenvalue weighted by atomic mass is 32.1. The highest BCUT2D eigenvalue weighted by Gasteiger charge is 2.08. The van der Waals surface area contributed by atoms with Gasteiger partial charge in [-0.25, -0.2) is 0 Å². The first-order chi connectivity index (χ1) is 6.92. The molecule has 0 spiro atoms. The van der Waals surface area contributed by atoms with Crippen molar-refractivity contribution in [1.29, 1.82) is 0 Å². The first-order valence-electron chi connectivity index (χ1n) is 4.86. The summed E-state index contributed by atoms with van der Waals surface area (Å²) in [7, 11) is 1.76. The number of methoxy groups -OCH3 is 1. The van der Waals surface area contributed by atoms with Crippen molar-refractivity contribution in [1.82, 2.24) is 0 Å². The van der Waals surface area contributed by atoms with E-state index in [-0.39, 0.29) is 0 Å². The van der Waals surface area contributed by atoms with Gasteiger partial charge in [0, 0.05) is 18.6 Å². The second-order valence-electron chi connectivity index (χ2n) is 3.35.